The topological polar surface area (TPSA) is 50.7 Å². The van der Waals surface area contributed by atoms with Gasteiger partial charge >= 0.3 is 0 Å². The van der Waals surface area contributed by atoms with E-state index in [1.807, 2.05) is 24.5 Å². The van der Waals surface area contributed by atoms with E-state index in [2.05, 4.69) is 45.4 Å². The molecule has 0 saturated heterocycles. The van der Waals surface area contributed by atoms with Gasteiger partial charge in [-0.3, -0.25) is 4.98 Å². The summed E-state index contributed by atoms with van der Waals surface area (Å²) in [7, 11) is 0. The van der Waals surface area contributed by atoms with E-state index in [0.717, 1.165) is 24.0 Å². The summed E-state index contributed by atoms with van der Waals surface area (Å²) in [6.45, 7) is 3.10. The van der Waals surface area contributed by atoms with Crippen LogP contribution in [-0.2, 0) is 0 Å². The molecule has 2 aromatic heterocycles. The van der Waals surface area contributed by atoms with Gasteiger partial charge in [0.25, 0.3) is 0 Å². The molecule has 1 aromatic carbocycles. The van der Waals surface area contributed by atoms with Crippen LogP contribution in [0.1, 0.15) is 30.6 Å². The lowest BCUT2D eigenvalue weighted by Gasteiger charge is -2.20. The normalized spacial score (nSPS) is 12.4. The molecule has 0 bridgehead atoms. The molecule has 0 fully saturated rings. The van der Waals surface area contributed by atoms with E-state index in [9.17, 15) is 0 Å². The first-order valence-electron chi connectivity index (χ1n) is 7.22. The predicted octanol–water partition coefficient (Wildman–Crippen LogP) is 3.11. The zero-order valence-electron chi connectivity index (χ0n) is 12.0. The second-order valence-electron chi connectivity index (χ2n) is 4.97. The van der Waals surface area contributed by atoms with Gasteiger partial charge in [-0.15, -0.1) is 0 Å². The van der Waals surface area contributed by atoms with Crippen molar-refractivity contribution in [1.82, 2.24) is 20.3 Å². The molecule has 1 unspecified atom stereocenters. The third-order valence-corrected chi connectivity index (χ3v) is 3.53. The van der Waals surface area contributed by atoms with Crippen molar-refractivity contribution in [2.75, 3.05) is 6.54 Å². The molecule has 3 aromatic rings. The van der Waals surface area contributed by atoms with Gasteiger partial charge in [0.2, 0.25) is 0 Å². The van der Waals surface area contributed by atoms with Crippen LogP contribution in [-0.4, -0.2) is 21.5 Å². The molecule has 0 spiro atoms. The predicted molar refractivity (Wildman–Crippen MR) is 83.9 cm³/mol. The summed E-state index contributed by atoms with van der Waals surface area (Å²) in [4.78, 5) is 12.7. The summed E-state index contributed by atoms with van der Waals surface area (Å²) >= 11 is 0. The fourth-order valence-corrected chi connectivity index (χ4v) is 2.52. The van der Waals surface area contributed by atoms with Crippen LogP contribution in [0.2, 0.25) is 0 Å². The Balaban J connectivity index is 2.10. The highest BCUT2D eigenvalue weighted by Crippen LogP contribution is 2.27. The van der Waals surface area contributed by atoms with Gasteiger partial charge in [-0.1, -0.05) is 25.1 Å². The van der Waals surface area contributed by atoms with Gasteiger partial charge in [0, 0.05) is 24.0 Å². The monoisotopic (exact) mass is 278 g/mol. The maximum Gasteiger partial charge on any atom is 0.115 e. The molecule has 0 radical (unpaired) electrons. The second kappa shape index (κ2) is 6.41. The van der Waals surface area contributed by atoms with Crippen LogP contribution in [0.3, 0.4) is 0 Å². The SMILES string of the molecule is CCCNC(c1ccncn1)c1cccc2ccncc12. The lowest BCUT2D eigenvalue weighted by atomic mass is 9.97. The van der Waals surface area contributed by atoms with E-state index in [1.165, 1.54) is 10.9 Å². The van der Waals surface area contributed by atoms with Crippen LogP contribution in [0.25, 0.3) is 10.8 Å². The number of pyridine rings is 1. The molecule has 0 aliphatic carbocycles. The molecule has 0 amide bonds. The van der Waals surface area contributed by atoms with E-state index in [-0.39, 0.29) is 6.04 Å². The van der Waals surface area contributed by atoms with Crippen LogP contribution in [0.4, 0.5) is 0 Å². The summed E-state index contributed by atoms with van der Waals surface area (Å²) < 4.78 is 0. The lowest BCUT2D eigenvalue weighted by Crippen LogP contribution is -2.24. The Bertz CT molecular complexity index is 707. The molecule has 1 N–H and O–H groups in total. The summed E-state index contributed by atoms with van der Waals surface area (Å²) in [5.74, 6) is 0. The van der Waals surface area contributed by atoms with Crippen molar-refractivity contribution in [3.8, 4) is 0 Å². The van der Waals surface area contributed by atoms with Gasteiger partial charge < -0.3 is 5.32 Å². The quantitative estimate of drug-likeness (QED) is 0.779. The average molecular weight is 278 g/mol. The number of aromatic nitrogens is 3. The van der Waals surface area contributed by atoms with E-state index < -0.39 is 0 Å². The first kappa shape index (κ1) is 13.6. The number of fused-ring (bicyclic) bond motifs is 1. The third-order valence-electron chi connectivity index (χ3n) is 3.53. The van der Waals surface area contributed by atoms with Crippen molar-refractivity contribution in [3.05, 3.63) is 66.5 Å². The first-order chi connectivity index (χ1) is 10.4. The number of hydrogen-bond acceptors (Lipinski definition) is 4. The van der Waals surface area contributed by atoms with Gasteiger partial charge in [-0.2, -0.15) is 0 Å². The standard InChI is InChI=1S/C17H18N4/c1-2-8-20-17(16-7-10-19-12-21-16)14-5-3-4-13-6-9-18-11-15(13)14/h3-7,9-12,17,20H,2,8H2,1H3. The number of benzene rings is 1. The Kier molecular flexibility index (Phi) is 4.17. The number of nitrogens with zero attached hydrogens (tertiary/aromatic N) is 3. The van der Waals surface area contributed by atoms with Gasteiger partial charge in [0.1, 0.15) is 6.33 Å². The van der Waals surface area contributed by atoms with Crippen LogP contribution in [0.15, 0.2) is 55.2 Å². The molecule has 106 valence electrons. The highest BCUT2D eigenvalue weighted by Gasteiger charge is 2.17. The van der Waals surface area contributed by atoms with Gasteiger partial charge in [-0.25, -0.2) is 9.97 Å². The summed E-state index contributed by atoms with van der Waals surface area (Å²) in [5.41, 5.74) is 2.18. The summed E-state index contributed by atoms with van der Waals surface area (Å²) in [6, 6.07) is 10.4. The van der Waals surface area contributed by atoms with E-state index >= 15 is 0 Å². The third kappa shape index (κ3) is 2.90. The Labute approximate surface area is 124 Å². The highest BCUT2D eigenvalue weighted by atomic mass is 15.0. The zero-order chi connectivity index (χ0) is 14.5. The molecular formula is C17H18N4. The molecular weight excluding hydrogens is 260 g/mol. The van der Waals surface area contributed by atoms with Crippen LogP contribution >= 0.6 is 0 Å². The van der Waals surface area contributed by atoms with Crippen molar-refractivity contribution in [3.63, 3.8) is 0 Å². The Morgan fingerprint density at radius 3 is 2.81 bits per heavy atom. The molecule has 1 atom stereocenters. The van der Waals surface area contributed by atoms with Gasteiger partial charge in [0.15, 0.2) is 0 Å². The average Bonchev–Trinajstić information content (AvgIpc) is 2.56. The lowest BCUT2D eigenvalue weighted by molar-refractivity contribution is 0.588. The number of hydrogen-bond donors (Lipinski definition) is 1. The fraction of sp³-hybridized carbons (Fsp3) is 0.235. The maximum absolute atomic E-state index is 4.42. The van der Waals surface area contributed by atoms with Gasteiger partial charge in [0.05, 0.1) is 11.7 Å². The van der Waals surface area contributed by atoms with Crippen molar-refractivity contribution < 1.29 is 0 Å². The number of rotatable bonds is 5. The number of nitrogens with one attached hydrogen (secondary N) is 1. The molecule has 2 heterocycles. The zero-order valence-corrected chi connectivity index (χ0v) is 12.0. The molecule has 21 heavy (non-hydrogen) atoms. The van der Waals surface area contributed by atoms with Crippen LogP contribution < -0.4 is 5.32 Å². The Hall–Kier alpha value is -2.33. The smallest absolute Gasteiger partial charge is 0.115 e. The summed E-state index contributed by atoms with van der Waals surface area (Å²) in [6.07, 6.45) is 8.20. The van der Waals surface area contributed by atoms with Crippen molar-refractivity contribution in [2.45, 2.75) is 19.4 Å². The van der Waals surface area contributed by atoms with Crippen molar-refractivity contribution >= 4 is 10.8 Å². The van der Waals surface area contributed by atoms with Crippen LogP contribution in [0, 0.1) is 0 Å². The molecule has 4 nitrogen and oxygen atoms in total. The highest BCUT2D eigenvalue weighted by molar-refractivity contribution is 5.85. The molecule has 0 aliphatic rings. The molecule has 0 aliphatic heterocycles. The first-order valence-corrected chi connectivity index (χ1v) is 7.22. The van der Waals surface area contributed by atoms with Crippen molar-refractivity contribution in [1.29, 1.82) is 0 Å². The van der Waals surface area contributed by atoms with Gasteiger partial charge in [-0.05, 0) is 36.0 Å². The molecule has 4 heteroatoms. The Morgan fingerprint density at radius 1 is 1.10 bits per heavy atom. The van der Waals surface area contributed by atoms with E-state index in [4.69, 9.17) is 0 Å². The second-order valence-corrected chi connectivity index (χ2v) is 4.97. The van der Waals surface area contributed by atoms with Crippen molar-refractivity contribution in [2.24, 2.45) is 0 Å². The largest absolute Gasteiger partial charge is 0.305 e. The van der Waals surface area contributed by atoms with E-state index in [1.54, 1.807) is 12.5 Å². The maximum atomic E-state index is 4.42. The molecule has 3 rings (SSSR count). The summed E-state index contributed by atoms with van der Waals surface area (Å²) in [5, 5.41) is 5.93. The molecule has 0 saturated carbocycles. The minimum absolute atomic E-state index is 0.0563. The van der Waals surface area contributed by atoms with Crippen LogP contribution in [0.5, 0.6) is 0 Å². The van der Waals surface area contributed by atoms with E-state index in [0.29, 0.717) is 0 Å². The minimum Gasteiger partial charge on any atom is -0.305 e. The Morgan fingerprint density at radius 2 is 2.00 bits per heavy atom. The fourth-order valence-electron chi connectivity index (χ4n) is 2.52. The minimum atomic E-state index is 0.0563.